The molecule has 0 saturated heterocycles. The van der Waals surface area contributed by atoms with Crippen molar-refractivity contribution in [3.8, 4) is 0 Å². The van der Waals surface area contributed by atoms with E-state index in [1.165, 1.54) is 12.1 Å². The molecule has 0 aromatic heterocycles. The summed E-state index contributed by atoms with van der Waals surface area (Å²) in [7, 11) is -3.51. The molecule has 0 unspecified atom stereocenters. The molecule has 1 aromatic rings. The lowest BCUT2D eigenvalue weighted by Crippen LogP contribution is -2.11. The lowest BCUT2D eigenvalue weighted by Gasteiger charge is -2.10. The van der Waals surface area contributed by atoms with E-state index in [1.54, 1.807) is 6.07 Å². The number of carbonyl (C=O) groups is 1. The van der Waals surface area contributed by atoms with Crippen molar-refractivity contribution >= 4 is 15.8 Å². The molecule has 6 heteroatoms. The van der Waals surface area contributed by atoms with Gasteiger partial charge < -0.3 is 10.2 Å². The van der Waals surface area contributed by atoms with Crippen molar-refractivity contribution < 1.29 is 23.4 Å². The molecular formula is C13H18O5S. The summed E-state index contributed by atoms with van der Waals surface area (Å²) >= 11 is 0. The summed E-state index contributed by atoms with van der Waals surface area (Å²) in [4.78, 5) is 11.0. The van der Waals surface area contributed by atoms with E-state index in [0.29, 0.717) is 24.8 Å². The number of hydrogen-bond donors (Lipinski definition) is 2. The number of sulfone groups is 1. The largest absolute Gasteiger partial charge is 0.478 e. The van der Waals surface area contributed by atoms with Crippen LogP contribution in [0, 0.1) is 0 Å². The molecule has 1 aromatic carbocycles. The van der Waals surface area contributed by atoms with Gasteiger partial charge in [-0.25, -0.2) is 13.2 Å². The quantitative estimate of drug-likeness (QED) is 0.741. The van der Waals surface area contributed by atoms with Crippen LogP contribution in [-0.4, -0.2) is 37.0 Å². The van der Waals surface area contributed by atoms with E-state index in [9.17, 15) is 13.2 Å². The lowest BCUT2D eigenvalue weighted by atomic mass is 10.1. The number of aliphatic hydroxyl groups is 1. The molecule has 106 valence electrons. The zero-order valence-corrected chi connectivity index (χ0v) is 11.6. The van der Waals surface area contributed by atoms with Crippen LogP contribution in [0.4, 0.5) is 0 Å². The molecule has 0 fully saturated rings. The Kier molecular flexibility index (Phi) is 5.50. The van der Waals surface area contributed by atoms with Gasteiger partial charge in [-0.3, -0.25) is 0 Å². The highest BCUT2D eigenvalue weighted by Gasteiger charge is 2.19. The highest BCUT2D eigenvalue weighted by Crippen LogP contribution is 2.21. The summed E-state index contributed by atoms with van der Waals surface area (Å²) < 4.78 is 24.4. The van der Waals surface area contributed by atoms with Crippen LogP contribution < -0.4 is 0 Å². The van der Waals surface area contributed by atoms with Crippen LogP contribution >= 0.6 is 0 Å². The SMILES string of the molecule is CCc1ccc(C(=O)O)cc1S(=O)(=O)CCCCO. The zero-order valence-electron chi connectivity index (χ0n) is 10.8. The van der Waals surface area contributed by atoms with E-state index >= 15 is 0 Å². The molecule has 19 heavy (non-hydrogen) atoms. The van der Waals surface area contributed by atoms with E-state index in [4.69, 9.17) is 10.2 Å². The molecule has 0 radical (unpaired) electrons. The van der Waals surface area contributed by atoms with Gasteiger partial charge in [-0.05, 0) is 37.0 Å². The zero-order chi connectivity index (χ0) is 14.5. The van der Waals surface area contributed by atoms with Gasteiger partial charge in [-0.2, -0.15) is 0 Å². The molecule has 1 rings (SSSR count). The fourth-order valence-electron chi connectivity index (χ4n) is 1.78. The van der Waals surface area contributed by atoms with Gasteiger partial charge >= 0.3 is 5.97 Å². The van der Waals surface area contributed by atoms with Crippen molar-refractivity contribution in [3.05, 3.63) is 29.3 Å². The number of carboxylic acid groups (broad SMARTS) is 1. The molecule has 0 aliphatic carbocycles. The summed E-state index contributed by atoms with van der Waals surface area (Å²) in [6, 6.07) is 4.17. The Morgan fingerprint density at radius 1 is 1.26 bits per heavy atom. The predicted molar refractivity (Wildman–Crippen MR) is 71.2 cm³/mol. The first-order valence-electron chi connectivity index (χ1n) is 6.12. The van der Waals surface area contributed by atoms with E-state index in [1.807, 2.05) is 6.92 Å². The van der Waals surface area contributed by atoms with Gasteiger partial charge in [0.25, 0.3) is 0 Å². The lowest BCUT2D eigenvalue weighted by molar-refractivity contribution is 0.0696. The molecule has 0 amide bonds. The van der Waals surface area contributed by atoms with Crippen LogP contribution in [0.1, 0.15) is 35.7 Å². The number of benzene rings is 1. The Bertz CT molecular complexity index is 548. The molecule has 0 atom stereocenters. The smallest absolute Gasteiger partial charge is 0.335 e. The van der Waals surface area contributed by atoms with Crippen LogP contribution in [-0.2, 0) is 16.3 Å². The number of hydrogen-bond acceptors (Lipinski definition) is 4. The maximum atomic E-state index is 12.2. The van der Waals surface area contributed by atoms with Crippen LogP contribution in [0.3, 0.4) is 0 Å². The molecule has 0 spiro atoms. The second-order valence-corrected chi connectivity index (χ2v) is 6.31. The fraction of sp³-hybridized carbons (Fsp3) is 0.462. The van der Waals surface area contributed by atoms with E-state index in [2.05, 4.69) is 0 Å². The van der Waals surface area contributed by atoms with Gasteiger partial charge in [0.2, 0.25) is 0 Å². The number of carboxylic acids is 1. The summed E-state index contributed by atoms with van der Waals surface area (Å²) in [5.41, 5.74) is 0.590. The normalized spacial score (nSPS) is 11.5. The fourth-order valence-corrected chi connectivity index (χ4v) is 3.51. The van der Waals surface area contributed by atoms with Crippen LogP contribution in [0.25, 0.3) is 0 Å². The van der Waals surface area contributed by atoms with Crippen molar-refractivity contribution in [2.24, 2.45) is 0 Å². The van der Waals surface area contributed by atoms with E-state index in [-0.39, 0.29) is 22.8 Å². The molecule has 0 aliphatic heterocycles. The Balaban J connectivity index is 3.15. The molecule has 2 N–H and O–H groups in total. The minimum absolute atomic E-state index is 0.0297. The van der Waals surface area contributed by atoms with Gasteiger partial charge in [0.1, 0.15) is 0 Å². The maximum absolute atomic E-state index is 12.2. The van der Waals surface area contributed by atoms with Crippen molar-refractivity contribution in [2.45, 2.75) is 31.1 Å². The highest BCUT2D eigenvalue weighted by atomic mass is 32.2. The van der Waals surface area contributed by atoms with Crippen LogP contribution in [0.2, 0.25) is 0 Å². The monoisotopic (exact) mass is 286 g/mol. The maximum Gasteiger partial charge on any atom is 0.335 e. The molecule has 0 heterocycles. The Hall–Kier alpha value is -1.40. The van der Waals surface area contributed by atoms with Crippen LogP contribution in [0.15, 0.2) is 23.1 Å². The summed E-state index contributed by atoms with van der Waals surface area (Å²) in [5.74, 6) is -1.22. The summed E-state index contributed by atoms with van der Waals surface area (Å²) in [6.07, 6.45) is 1.30. The average molecular weight is 286 g/mol. The van der Waals surface area contributed by atoms with Gasteiger partial charge in [0.15, 0.2) is 9.84 Å². The number of aromatic carboxylic acids is 1. The first-order chi connectivity index (χ1) is 8.92. The third-order valence-corrected chi connectivity index (χ3v) is 4.73. The summed E-state index contributed by atoms with van der Waals surface area (Å²) in [5, 5.41) is 17.6. The molecule has 0 saturated carbocycles. The second-order valence-electron chi connectivity index (χ2n) is 4.23. The summed E-state index contributed by atoms with van der Waals surface area (Å²) in [6.45, 7) is 1.77. The Labute approximate surface area is 112 Å². The van der Waals surface area contributed by atoms with Gasteiger partial charge in [-0.1, -0.05) is 13.0 Å². The standard InChI is InChI=1S/C13H18O5S/c1-2-10-5-6-11(13(15)16)9-12(10)19(17,18)8-4-3-7-14/h5-6,9,14H,2-4,7-8H2,1H3,(H,15,16). The van der Waals surface area contributed by atoms with E-state index < -0.39 is 15.8 Å². The number of aliphatic hydroxyl groups excluding tert-OH is 1. The first-order valence-corrected chi connectivity index (χ1v) is 7.77. The Morgan fingerprint density at radius 2 is 1.95 bits per heavy atom. The minimum atomic E-state index is -3.51. The number of aryl methyl sites for hydroxylation is 1. The first kappa shape index (κ1) is 15.7. The topological polar surface area (TPSA) is 91.7 Å². The van der Waals surface area contributed by atoms with Crippen molar-refractivity contribution in [3.63, 3.8) is 0 Å². The van der Waals surface area contributed by atoms with Crippen molar-refractivity contribution in [2.75, 3.05) is 12.4 Å². The number of rotatable bonds is 7. The van der Waals surface area contributed by atoms with E-state index in [0.717, 1.165) is 0 Å². The Morgan fingerprint density at radius 3 is 2.47 bits per heavy atom. The van der Waals surface area contributed by atoms with Gasteiger partial charge in [-0.15, -0.1) is 0 Å². The van der Waals surface area contributed by atoms with Crippen LogP contribution in [0.5, 0.6) is 0 Å². The molecule has 0 bridgehead atoms. The minimum Gasteiger partial charge on any atom is -0.478 e. The highest BCUT2D eigenvalue weighted by molar-refractivity contribution is 7.91. The molecule has 0 aliphatic rings. The van der Waals surface area contributed by atoms with Gasteiger partial charge in [0, 0.05) is 6.61 Å². The number of unbranched alkanes of at least 4 members (excludes halogenated alkanes) is 1. The molecule has 5 nitrogen and oxygen atoms in total. The van der Waals surface area contributed by atoms with Crippen molar-refractivity contribution in [1.82, 2.24) is 0 Å². The van der Waals surface area contributed by atoms with Gasteiger partial charge in [0.05, 0.1) is 16.2 Å². The van der Waals surface area contributed by atoms with Crippen molar-refractivity contribution in [1.29, 1.82) is 0 Å². The molecular weight excluding hydrogens is 268 g/mol. The third kappa shape index (κ3) is 4.04. The predicted octanol–water partition coefficient (Wildman–Crippen LogP) is 1.49. The third-order valence-electron chi connectivity index (χ3n) is 2.85. The average Bonchev–Trinajstić information content (AvgIpc) is 2.38. The second kappa shape index (κ2) is 6.68.